The number of amides is 1. The molecule has 1 amide bonds. The Morgan fingerprint density at radius 3 is 2.12 bits per heavy atom. The third-order valence-electron chi connectivity index (χ3n) is 3.11. The molecule has 0 spiro atoms. The maximum absolute atomic E-state index is 11.9. The van der Waals surface area contributed by atoms with Crippen molar-refractivity contribution in [1.29, 1.82) is 0 Å². The van der Waals surface area contributed by atoms with E-state index in [4.69, 9.17) is 26.4 Å². The van der Waals surface area contributed by atoms with E-state index in [1.165, 1.54) is 0 Å². The molecule has 7 heteroatoms. The third-order valence-corrected chi connectivity index (χ3v) is 3.31. The monoisotopic (exact) mass is 360 g/mol. The molecule has 2 aromatic rings. The first-order chi connectivity index (χ1) is 12.1. The van der Waals surface area contributed by atoms with Crippen LogP contribution in [0.1, 0.15) is 6.92 Å². The highest BCUT2D eigenvalue weighted by molar-refractivity contribution is 7.80. The average Bonchev–Trinajstić information content (AvgIpc) is 2.62. The second-order valence-electron chi connectivity index (χ2n) is 4.92. The molecule has 0 unspecified atom stereocenters. The summed E-state index contributed by atoms with van der Waals surface area (Å²) in [4.78, 5) is 11.9. The molecule has 0 saturated heterocycles. The maximum Gasteiger partial charge on any atom is 0.264 e. The Hall–Kier alpha value is -2.80. The van der Waals surface area contributed by atoms with E-state index in [-0.39, 0.29) is 17.6 Å². The number of carbonyl (C=O) groups is 1. The minimum absolute atomic E-state index is 0.141. The van der Waals surface area contributed by atoms with Gasteiger partial charge >= 0.3 is 0 Å². The van der Waals surface area contributed by atoms with Crippen LogP contribution in [0.15, 0.2) is 48.5 Å². The number of nitrogens with one attached hydrogen (secondary N) is 2. The number of ether oxygens (including phenoxy) is 3. The average molecular weight is 360 g/mol. The van der Waals surface area contributed by atoms with Crippen LogP contribution in [0.4, 0.5) is 5.69 Å². The van der Waals surface area contributed by atoms with Crippen LogP contribution in [0.2, 0.25) is 0 Å². The van der Waals surface area contributed by atoms with Gasteiger partial charge < -0.3 is 19.5 Å². The SMILES string of the molecule is CCOc1ccc(NC(=S)NC(=O)COc2ccc(OC)cc2)cc1. The van der Waals surface area contributed by atoms with E-state index in [0.29, 0.717) is 12.4 Å². The Labute approximate surface area is 152 Å². The van der Waals surface area contributed by atoms with Crippen LogP contribution in [0.5, 0.6) is 17.2 Å². The van der Waals surface area contributed by atoms with Crippen molar-refractivity contribution in [3.8, 4) is 17.2 Å². The largest absolute Gasteiger partial charge is 0.497 e. The van der Waals surface area contributed by atoms with Gasteiger partial charge in [-0.15, -0.1) is 0 Å². The van der Waals surface area contributed by atoms with Crippen molar-refractivity contribution < 1.29 is 19.0 Å². The third kappa shape index (κ3) is 6.31. The van der Waals surface area contributed by atoms with Gasteiger partial charge in [-0.2, -0.15) is 0 Å². The fourth-order valence-corrected chi connectivity index (χ4v) is 2.18. The van der Waals surface area contributed by atoms with Gasteiger partial charge in [0.25, 0.3) is 5.91 Å². The van der Waals surface area contributed by atoms with E-state index in [2.05, 4.69) is 10.6 Å². The first-order valence-corrected chi connectivity index (χ1v) is 8.12. The van der Waals surface area contributed by atoms with E-state index in [1.807, 2.05) is 31.2 Å². The van der Waals surface area contributed by atoms with Crippen molar-refractivity contribution in [1.82, 2.24) is 5.32 Å². The van der Waals surface area contributed by atoms with Crippen LogP contribution in [0.25, 0.3) is 0 Å². The summed E-state index contributed by atoms with van der Waals surface area (Å²) in [5.74, 6) is 1.72. The Balaban J connectivity index is 1.76. The lowest BCUT2D eigenvalue weighted by Gasteiger charge is -2.11. The molecule has 0 atom stereocenters. The summed E-state index contributed by atoms with van der Waals surface area (Å²) in [7, 11) is 1.58. The highest BCUT2D eigenvalue weighted by Gasteiger charge is 2.06. The molecule has 0 heterocycles. The summed E-state index contributed by atoms with van der Waals surface area (Å²) >= 11 is 5.11. The first kappa shape index (κ1) is 18.5. The van der Waals surface area contributed by atoms with Crippen molar-refractivity contribution >= 4 is 28.9 Å². The zero-order valence-electron chi connectivity index (χ0n) is 14.1. The zero-order chi connectivity index (χ0) is 18.1. The molecular weight excluding hydrogens is 340 g/mol. The summed E-state index contributed by atoms with van der Waals surface area (Å²) in [5, 5.41) is 5.69. The molecule has 25 heavy (non-hydrogen) atoms. The fraction of sp³-hybridized carbons (Fsp3) is 0.222. The van der Waals surface area contributed by atoms with Crippen molar-refractivity contribution in [3.05, 3.63) is 48.5 Å². The summed E-state index contributed by atoms with van der Waals surface area (Å²) in [6.45, 7) is 2.39. The second-order valence-corrected chi connectivity index (χ2v) is 5.33. The molecule has 0 aliphatic rings. The molecule has 0 aliphatic carbocycles. The lowest BCUT2D eigenvalue weighted by atomic mass is 10.3. The molecule has 0 bridgehead atoms. The molecule has 0 fully saturated rings. The van der Waals surface area contributed by atoms with E-state index in [1.54, 1.807) is 31.4 Å². The zero-order valence-corrected chi connectivity index (χ0v) is 14.9. The van der Waals surface area contributed by atoms with Crippen LogP contribution < -0.4 is 24.8 Å². The predicted molar refractivity (Wildman–Crippen MR) is 100 cm³/mol. The number of hydrogen-bond donors (Lipinski definition) is 2. The lowest BCUT2D eigenvalue weighted by Crippen LogP contribution is -2.37. The number of carbonyl (C=O) groups excluding carboxylic acids is 1. The number of methoxy groups -OCH3 is 1. The molecule has 2 aromatic carbocycles. The van der Waals surface area contributed by atoms with E-state index in [9.17, 15) is 4.79 Å². The van der Waals surface area contributed by atoms with Crippen LogP contribution in [-0.4, -0.2) is 31.3 Å². The molecule has 2 N–H and O–H groups in total. The Morgan fingerprint density at radius 1 is 0.960 bits per heavy atom. The molecule has 132 valence electrons. The van der Waals surface area contributed by atoms with Gasteiger partial charge in [0.2, 0.25) is 0 Å². The van der Waals surface area contributed by atoms with Gasteiger partial charge in [0.1, 0.15) is 17.2 Å². The number of anilines is 1. The molecule has 0 aliphatic heterocycles. The summed E-state index contributed by atoms with van der Waals surface area (Å²) < 4.78 is 15.8. The highest BCUT2D eigenvalue weighted by atomic mass is 32.1. The van der Waals surface area contributed by atoms with E-state index < -0.39 is 0 Å². The van der Waals surface area contributed by atoms with Gasteiger partial charge in [0.05, 0.1) is 13.7 Å². The molecule has 2 rings (SSSR count). The second kappa shape index (κ2) is 9.48. The van der Waals surface area contributed by atoms with Crippen LogP contribution in [-0.2, 0) is 4.79 Å². The van der Waals surface area contributed by atoms with Gasteiger partial charge in [-0.1, -0.05) is 0 Å². The fourth-order valence-electron chi connectivity index (χ4n) is 1.95. The molecule has 0 aromatic heterocycles. The Morgan fingerprint density at radius 2 is 1.52 bits per heavy atom. The quantitative estimate of drug-likeness (QED) is 0.740. The predicted octanol–water partition coefficient (Wildman–Crippen LogP) is 2.99. The normalized spacial score (nSPS) is 9.84. The summed E-state index contributed by atoms with van der Waals surface area (Å²) in [6, 6.07) is 14.2. The van der Waals surface area contributed by atoms with Gasteiger partial charge in [0.15, 0.2) is 11.7 Å². The van der Waals surface area contributed by atoms with Crippen molar-refractivity contribution in [2.75, 3.05) is 25.6 Å². The topological polar surface area (TPSA) is 68.8 Å². The van der Waals surface area contributed by atoms with Gasteiger partial charge in [0, 0.05) is 5.69 Å². The van der Waals surface area contributed by atoms with Crippen LogP contribution in [0.3, 0.4) is 0 Å². The van der Waals surface area contributed by atoms with Gasteiger partial charge in [-0.3, -0.25) is 10.1 Å². The summed E-state index contributed by atoms with van der Waals surface area (Å²) in [5.41, 5.74) is 0.754. The lowest BCUT2D eigenvalue weighted by molar-refractivity contribution is -0.121. The van der Waals surface area contributed by atoms with E-state index >= 15 is 0 Å². The number of thiocarbonyl (C=S) groups is 1. The van der Waals surface area contributed by atoms with Crippen molar-refractivity contribution in [2.45, 2.75) is 6.92 Å². The molecule has 0 radical (unpaired) electrons. The summed E-state index contributed by atoms with van der Waals surface area (Å²) in [6.07, 6.45) is 0. The smallest absolute Gasteiger partial charge is 0.264 e. The number of benzene rings is 2. The molecule has 6 nitrogen and oxygen atoms in total. The standard InChI is InChI=1S/C18H20N2O4S/c1-3-23-15-6-4-13(5-7-15)19-18(25)20-17(21)12-24-16-10-8-14(22-2)9-11-16/h4-11H,3,12H2,1-2H3,(H2,19,20,21,25). The Bertz CT molecular complexity index is 702. The van der Waals surface area contributed by atoms with E-state index in [0.717, 1.165) is 17.2 Å². The van der Waals surface area contributed by atoms with Crippen molar-refractivity contribution in [2.24, 2.45) is 0 Å². The van der Waals surface area contributed by atoms with Gasteiger partial charge in [-0.25, -0.2) is 0 Å². The molecule has 0 saturated carbocycles. The highest BCUT2D eigenvalue weighted by Crippen LogP contribution is 2.17. The van der Waals surface area contributed by atoms with Gasteiger partial charge in [-0.05, 0) is 67.7 Å². The Kier molecular flexibility index (Phi) is 7.03. The van der Waals surface area contributed by atoms with Crippen LogP contribution in [0, 0.1) is 0 Å². The minimum Gasteiger partial charge on any atom is -0.497 e. The molecular formula is C18H20N2O4S. The number of hydrogen-bond acceptors (Lipinski definition) is 5. The van der Waals surface area contributed by atoms with Crippen LogP contribution >= 0.6 is 12.2 Å². The minimum atomic E-state index is -0.348. The maximum atomic E-state index is 11.9. The number of rotatable bonds is 7. The van der Waals surface area contributed by atoms with Crippen molar-refractivity contribution in [3.63, 3.8) is 0 Å². The first-order valence-electron chi connectivity index (χ1n) is 7.71.